The number of carbonyl (C=O) groups is 2. The quantitative estimate of drug-likeness (QED) is 0.699. The van der Waals surface area contributed by atoms with Crippen LogP contribution in [0.25, 0.3) is 6.08 Å². The fraction of sp³-hybridized carbons (Fsp3) is 0.333. The molecule has 6 nitrogen and oxygen atoms in total. The predicted molar refractivity (Wildman–Crippen MR) is 110 cm³/mol. The Bertz CT molecular complexity index is 840. The zero-order valence-corrected chi connectivity index (χ0v) is 16.9. The van der Waals surface area contributed by atoms with Crippen molar-refractivity contribution >= 4 is 29.2 Å². The molecule has 0 aliphatic carbocycles. The smallest absolute Gasteiger partial charge is 0.264 e. The second kappa shape index (κ2) is 9.41. The van der Waals surface area contributed by atoms with Crippen LogP contribution in [-0.2, 0) is 4.79 Å². The molecule has 0 atom stereocenters. The minimum Gasteiger partial charge on any atom is -0.493 e. The fourth-order valence-electron chi connectivity index (χ4n) is 3.02. The molecule has 0 radical (unpaired) electrons. The molecule has 3 rings (SSSR count). The number of benzene rings is 1. The molecular formula is C21H24N2O4S. The van der Waals surface area contributed by atoms with Gasteiger partial charge in [-0.25, -0.2) is 0 Å². The highest BCUT2D eigenvalue weighted by atomic mass is 32.1. The average Bonchev–Trinajstić information content (AvgIpc) is 3.27. The Morgan fingerprint density at radius 2 is 1.86 bits per heavy atom. The highest BCUT2D eigenvalue weighted by Gasteiger charge is 2.24. The topological polar surface area (TPSA) is 59.1 Å². The molecule has 7 heteroatoms. The minimum absolute atomic E-state index is 0.0410. The van der Waals surface area contributed by atoms with Gasteiger partial charge in [0.25, 0.3) is 5.91 Å². The van der Waals surface area contributed by atoms with E-state index < -0.39 is 0 Å². The van der Waals surface area contributed by atoms with Crippen LogP contribution >= 0.6 is 11.3 Å². The number of nitrogens with zero attached hydrogens (tertiary/aromatic N) is 2. The van der Waals surface area contributed by atoms with E-state index in [2.05, 4.69) is 0 Å². The third kappa shape index (κ3) is 4.72. The molecule has 2 amide bonds. The number of methoxy groups -OCH3 is 1. The molecule has 2 aromatic rings. The number of thiophene rings is 1. The third-order valence-electron chi connectivity index (χ3n) is 4.52. The highest BCUT2D eigenvalue weighted by molar-refractivity contribution is 7.12. The first-order valence-electron chi connectivity index (χ1n) is 9.23. The Hall–Kier alpha value is -2.80. The monoisotopic (exact) mass is 400 g/mol. The first-order valence-corrected chi connectivity index (χ1v) is 10.1. The van der Waals surface area contributed by atoms with Crippen molar-refractivity contribution in [3.8, 4) is 11.5 Å². The summed E-state index contributed by atoms with van der Waals surface area (Å²) in [5, 5.41) is 1.90. The maximum atomic E-state index is 12.5. The molecule has 0 saturated carbocycles. The van der Waals surface area contributed by atoms with E-state index in [1.54, 1.807) is 29.1 Å². The summed E-state index contributed by atoms with van der Waals surface area (Å²) in [6.45, 7) is 4.62. The molecule has 0 bridgehead atoms. The van der Waals surface area contributed by atoms with Gasteiger partial charge in [0, 0.05) is 32.3 Å². The maximum absolute atomic E-state index is 12.5. The van der Waals surface area contributed by atoms with Crippen LogP contribution in [0.1, 0.15) is 22.2 Å². The van der Waals surface area contributed by atoms with Gasteiger partial charge >= 0.3 is 0 Å². The number of carbonyl (C=O) groups excluding carboxylic acids is 2. The molecule has 148 valence electrons. The Balaban J connectivity index is 1.57. The summed E-state index contributed by atoms with van der Waals surface area (Å²) < 4.78 is 10.8. The number of hydrogen-bond donors (Lipinski definition) is 0. The fourth-order valence-corrected chi connectivity index (χ4v) is 3.71. The Labute approximate surface area is 169 Å². The van der Waals surface area contributed by atoms with E-state index in [9.17, 15) is 9.59 Å². The van der Waals surface area contributed by atoms with E-state index in [1.165, 1.54) is 11.3 Å². The molecule has 0 N–H and O–H groups in total. The molecular weight excluding hydrogens is 376 g/mol. The van der Waals surface area contributed by atoms with E-state index in [-0.39, 0.29) is 11.8 Å². The summed E-state index contributed by atoms with van der Waals surface area (Å²) in [6, 6.07) is 9.26. The zero-order valence-electron chi connectivity index (χ0n) is 16.1. The highest BCUT2D eigenvalue weighted by Crippen LogP contribution is 2.28. The number of hydrogen-bond acceptors (Lipinski definition) is 5. The van der Waals surface area contributed by atoms with Crippen LogP contribution in [0, 0.1) is 0 Å². The van der Waals surface area contributed by atoms with Crippen LogP contribution in [-0.4, -0.2) is 61.5 Å². The van der Waals surface area contributed by atoms with Crippen molar-refractivity contribution in [2.24, 2.45) is 0 Å². The predicted octanol–water partition coefficient (Wildman–Crippen LogP) is 3.15. The van der Waals surface area contributed by atoms with E-state index in [0.717, 1.165) is 10.4 Å². The van der Waals surface area contributed by atoms with Gasteiger partial charge in [0.15, 0.2) is 11.5 Å². The van der Waals surface area contributed by atoms with Crippen molar-refractivity contribution in [3.63, 3.8) is 0 Å². The van der Waals surface area contributed by atoms with Crippen molar-refractivity contribution < 1.29 is 19.1 Å². The first kappa shape index (κ1) is 19.9. The van der Waals surface area contributed by atoms with Crippen molar-refractivity contribution in [1.82, 2.24) is 9.80 Å². The Morgan fingerprint density at radius 1 is 1.11 bits per heavy atom. The first-order chi connectivity index (χ1) is 13.6. The summed E-state index contributed by atoms with van der Waals surface area (Å²) in [6.07, 6.45) is 3.34. The van der Waals surface area contributed by atoms with Crippen LogP contribution in [0.4, 0.5) is 0 Å². The van der Waals surface area contributed by atoms with Gasteiger partial charge in [-0.15, -0.1) is 11.3 Å². The van der Waals surface area contributed by atoms with Crippen molar-refractivity contribution in [1.29, 1.82) is 0 Å². The van der Waals surface area contributed by atoms with Crippen molar-refractivity contribution in [2.45, 2.75) is 6.92 Å². The number of ether oxygens (including phenoxy) is 2. The van der Waals surface area contributed by atoms with Crippen molar-refractivity contribution in [2.75, 3.05) is 39.9 Å². The second-order valence-electron chi connectivity index (χ2n) is 6.27. The number of amides is 2. The Morgan fingerprint density at radius 3 is 2.50 bits per heavy atom. The normalized spacial score (nSPS) is 14.4. The van der Waals surface area contributed by atoms with Gasteiger partial charge in [-0.2, -0.15) is 0 Å². The van der Waals surface area contributed by atoms with Crippen LogP contribution in [0.15, 0.2) is 41.8 Å². The van der Waals surface area contributed by atoms with Crippen LogP contribution in [0.5, 0.6) is 11.5 Å². The van der Waals surface area contributed by atoms with Crippen LogP contribution < -0.4 is 9.47 Å². The molecule has 2 heterocycles. The van der Waals surface area contributed by atoms with Crippen molar-refractivity contribution in [3.05, 3.63) is 52.2 Å². The second-order valence-corrected chi connectivity index (χ2v) is 7.22. The zero-order chi connectivity index (χ0) is 19.9. The number of rotatable bonds is 6. The summed E-state index contributed by atoms with van der Waals surface area (Å²) in [7, 11) is 1.60. The molecule has 1 aliphatic heterocycles. The summed E-state index contributed by atoms with van der Waals surface area (Å²) >= 11 is 1.44. The van der Waals surface area contributed by atoms with E-state index in [1.807, 2.05) is 42.6 Å². The summed E-state index contributed by atoms with van der Waals surface area (Å²) in [5.74, 6) is 1.30. The summed E-state index contributed by atoms with van der Waals surface area (Å²) in [5.41, 5.74) is 0.865. The van der Waals surface area contributed by atoms with E-state index in [4.69, 9.17) is 9.47 Å². The molecule has 1 aromatic heterocycles. The molecule has 0 unspecified atom stereocenters. The third-order valence-corrected chi connectivity index (χ3v) is 5.37. The van der Waals surface area contributed by atoms with Crippen LogP contribution in [0.2, 0.25) is 0 Å². The lowest BCUT2D eigenvalue weighted by molar-refractivity contribution is -0.127. The molecule has 1 fully saturated rings. The molecule has 28 heavy (non-hydrogen) atoms. The lowest BCUT2D eigenvalue weighted by Gasteiger charge is -2.34. The summed E-state index contributed by atoms with van der Waals surface area (Å²) in [4.78, 5) is 29.2. The molecule has 1 aromatic carbocycles. The minimum atomic E-state index is -0.0583. The van der Waals surface area contributed by atoms with Gasteiger partial charge in [-0.05, 0) is 42.1 Å². The lowest BCUT2D eigenvalue weighted by Crippen LogP contribution is -2.50. The van der Waals surface area contributed by atoms with E-state index in [0.29, 0.717) is 44.3 Å². The maximum Gasteiger partial charge on any atom is 0.264 e. The average molecular weight is 401 g/mol. The Kier molecular flexibility index (Phi) is 6.71. The van der Waals surface area contributed by atoms with Gasteiger partial charge in [-0.1, -0.05) is 12.1 Å². The molecule has 1 saturated heterocycles. The molecule has 0 spiro atoms. The molecule has 1 aliphatic rings. The SMILES string of the molecule is CCOc1cc(/C=C/C(=O)N2CCN(C(=O)c3cccs3)CC2)ccc1OC. The van der Waals surface area contributed by atoms with Crippen LogP contribution in [0.3, 0.4) is 0 Å². The lowest BCUT2D eigenvalue weighted by atomic mass is 10.2. The van der Waals surface area contributed by atoms with Gasteiger partial charge in [0.1, 0.15) is 0 Å². The van der Waals surface area contributed by atoms with Gasteiger partial charge < -0.3 is 19.3 Å². The largest absolute Gasteiger partial charge is 0.493 e. The van der Waals surface area contributed by atoms with Gasteiger partial charge in [0.2, 0.25) is 5.91 Å². The van der Waals surface area contributed by atoms with Gasteiger partial charge in [0.05, 0.1) is 18.6 Å². The van der Waals surface area contributed by atoms with Gasteiger partial charge in [-0.3, -0.25) is 9.59 Å². The number of piperazine rings is 1. The van der Waals surface area contributed by atoms with E-state index >= 15 is 0 Å². The standard InChI is InChI=1S/C21H24N2O4S/c1-3-27-18-15-16(6-8-17(18)26-2)7-9-20(24)22-10-12-23(13-11-22)21(25)19-5-4-14-28-19/h4-9,14-15H,3,10-13H2,1-2H3/b9-7+.